The van der Waals surface area contributed by atoms with Gasteiger partial charge in [0.15, 0.2) is 0 Å². The highest BCUT2D eigenvalue weighted by molar-refractivity contribution is 5.79. The zero-order valence-corrected chi connectivity index (χ0v) is 14.8. The molecule has 0 N–H and O–H groups in total. The van der Waals surface area contributed by atoms with Crippen molar-refractivity contribution in [3.63, 3.8) is 0 Å². The monoisotopic (exact) mass is 320 g/mol. The maximum atomic E-state index is 13.7. The molecule has 0 bridgehead atoms. The predicted octanol–water partition coefficient (Wildman–Crippen LogP) is 3.19. The summed E-state index contributed by atoms with van der Waals surface area (Å²) in [6.45, 7) is 13.1. The average Bonchev–Trinajstić information content (AvgIpc) is 2.48. The summed E-state index contributed by atoms with van der Waals surface area (Å²) in [5.41, 5.74) is 0.907. The van der Waals surface area contributed by atoms with Gasteiger partial charge in [-0.15, -0.1) is 0 Å². The van der Waals surface area contributed by atoms with E-state index in [9.17, 15) is 9.18 Å². The van der Waals surface area contributed by atoms with Crippen molar-refractivity contribution >= 4 is 5.91 Å². The number of carbonyl (C=O) groups is 1. The topological polar surface area (TPSA) is 23.6 Å². The number of carbonyl (C=O) groups excluding carboxylic acids is 1. The molecule has 2 rings (SSSR count). The first kappa shape index (κ1) is 17.9. The van der Waals surface area contributed by atoms with Gasteiger partial charge in [0.25, 0.3) is 0 Å². The van der Waals surface area contributed by atoms with Gasteiger partial charge >= 0.3 is 0 Å². The quantitative estimate of drug-likeness (QED) is 0.850. The summed E-state index contributed by atoms with van der Waals surface area (Å²) in [6.07, 6.45) is 0.466. The van der Waals surface area contributed by atoms with E-state index in [1.807, 2.05) is 17.9 Å². The third kappa shape index (κ3) is 5.31. The molecule has 1 atom stereocenters. The van der Waals surface area contributed by atoms with E-state index in [0.29, 0.717) is 12.0 Å². The molecule has 1 aliphatic rings. The van der Waals surface area contributed by atoms with Crippen LogP contribution in [0, 0.1) is 17.2 Å². The molecule has 1 aliphatic heterocycles. The fourth-order valence-corrected chi connectivity index (χ4v) is 3.19. The fourth-order valence-electron chi connectivity index (χ4n) is 3.19. The Morgan fingerprint density at radius 3 is 2.35 bits per heavy atom. The third-order valence-corrected chi connectivity index (χ3v) is 4.29. The first-order valence-electron chi connectivity index (χ1n) is 8.51. The zero-order chi connectivity index (χ0) is 17.0. The van der Waals surface area contributed by atoms with Gasteiger partial charge in [-0.3, -0.25) is 9.69 Å². The second-order valence-corrected chi connectivity index (χ2v) is 7.86. The van der Waals surface area contributed by atoms with E-state index in [2.05, 4.69) is 25.7 Å². The summed E-state index contributed by atoms with van der Waals surface area (Å²) >= 11 is 0. The van der Waals surface area contributed by atoms with E-state index in [1.165, 1.54) is 6.07 Å². The number of hydrogen-bond acceptors (Lipinski definition) is 2. The molecule has 1 aromatic carbocycles. The normalized spacial score (nSPS) is 18.0. The lowest BCUT2D eigenvalue weighted by atomic mass is 9.95. The van der Waals surface area contributed by atoms with Crippen molar-refractivity contribution in [1.82, 2.24) is 9.80 Å². The van der Waals surface area contributed by atoms with E-state index >= 15 is 0 Å². The van der Waals surface area contributed by atoms with E-state index in [-0.39, 0.29) is 23.1 Å². The van der Waals surface area contributed by atoms with Crippen molar-refractivity contribution in [1.29, 1.82) is 0 Å². The molecule has 128 valence electrons. The largest absolute Gasteiger partial charge is 0.340 e. The summed E-state index contributed by atoms with van der Waals surface area (Å²) in [5.74, 6) is -0.258. The Bertz CT molecular complexity index is 530. The number of piperazine rings is 1. The first-order valence-corrected chi connectivity index (χ1v) is 8.51. The Kier molecular flexibility index (Phi) is 5.79. The zero-order valence-electron chi connectivity index (χ0n) is 14.8. The number of benzene rings is 1. The van der Waals surface area contributed by atoms with E-state index in [4.69, 9.17) is 0 Å². The highest BCUT2D eigenvalue weighted by atomic mass is 19.1. The van der Waals surface area contributed by atoms with Crippen LogP contribution >= 0.6 is 0 Å². The predicted molar refractivity (Wildman–Crippen MR) is 91.7 cm³/mol. The Labute approximate surface area is 139 Å². The molecule has 0 radical (unpaired) electrons. The number of nitrogens with zero attached hydrogens (tertiary/aromatic N) is 2. The molecule has 1 heterocycles. The minimum atomic E-state index is -0.220. The van der Waals surface area contributed by atoms with Crippen molar-refractivity contribution in [2.45, 2.75) is 34.1 Å². The maximum Gasteiger partial charge on any atom is 0.225 e. The lowest BCUT2D eigenvalue weighted by Crippen LogP contribution is -2.51. The summed E-state index contributed by atoms with van der Waals surface area (Å²) in [5, 5.41) is 0. The number of amides is 1. The molecule has 3 nitrogen and oxygen atoms in total. The van der Waals surface area contributed by atoms with Crippen LogP contribution in [0.15, 0.2) is 24.3 Å². The Balaban J connectivity index is 1.86. The average molecular weight is 320 g/mol. The van der Waals surface area contributed by atoms with Crippen LogP contribution in [0.3, 0.4) is 0 Å². The molecule has 0 saturated carbocycles. The highest BCUT2D eigenvalue weighted by Gasteiger charge is 2.27. The summed E-state index contributed by atoms with van der Waals surface area (Å²) in [7, 11) is 0. The van der Waals surface area contributed by atoms with Crippen LogP contribution in [0.2, 0.25) is 0 Å². The first-order chi connectivity index (χ1) is 10.8. The van der Waals surface area contributed by atoms with Crippen molar-refractivity contribution in [3.05, 3.63) is 35.6 Å². The number of halogens is 1. The lowest BCUT2D eigenvalue weighted by molar-refractivity contribution is -0.136. The van der Waals surface area contributed by atoms with Crippen LogP contribution < -0.4 is 0 Å². The fraction of sp³-hybridized carbons (Fsp3) is 0.632. The van der Waals surface area contributed by atoms with E-state index < -0.39 is 0 Å². The standard InChI is InChI=1S/C19H29FN2O/c1-15(13-16-7-5-6-8-17(16)20)18(23)22-11-9-21(10-12-22)14-19(2,3)4/h5-8,15H,9-14H2,1-4H3. The van der Waals surface area contributed by atoms with Crippen molar-refractivity contribution in [2.75, 3.05) is 32.7 Å². The molecular weight excluding hydrogens is 291 g/mol. The van der Waals surface area contributed by atoms with Crippen LogP contribution in [0.4, 0.5) is 4.39 Å². The highest BCUT2D eigenvalue weighted by Crippen LogP contribution is 2.18. The van der Waals surface area contributed by atoms with E-state index in [1.54, 1.807) is 12.1 Å². The number of hydrogen-bond donors (Lipinski definition) is 0. The van der Waals surface area contributed by atoms with Gasteiger partial charge in [-0.05, 0) is 23.5 Å². The number of rotatable bonds is 4. The minimum Gasteiger partial charge on any atom is -0.340 e. The second kappa shape index (κ2) is 7.43. The van der Waals surface area contributed by atoms with Gasteiger partial charge in [-0.2, -0.15) is 0 Å². The summed E-state index contributed by atoms with van der Waals surface area (Å²) in [6, 6.07) is 6.72. The molecule has 1 saturated heterocycles. The van der Waals surface area contributed by atoms with Crippen molar-refractivity contribution in [2.24, 2.45) is 11.3 Å². The Hall–Kier alpha value is -1.42. The molecule has 0 spiro atoms. The van der Waals surface area contributed by atoms with Crippen LogP contribution in [-0.2, 0) is 11.2 Å². The van der Waals surface area contributed by atoms with Gasteiger partial charge in [-0.1, -0.05) is 45.9 Å². The Morgan fingerprint density at radius 2 is 1.78 bits per heavy atom. The van der Waals surface area contributed by atoms with Gasteiger partial charge in [0.05, 0.1) is 0 Å². The smallest absolute Gasteiger partial charge is 0.225 e. The molecule has 23 heavy (non-hydrogen) atoms. The minimum absolute atomic E-state index is 0.142. The third-order valence-electron chi connectivity index (χ3n) is 4.29. The van der Waals surface area contributed by atoms with Gasteiger partial charge < -0.3 is 4.90 Å². The van der Waals surface area contributed by atoms with Gasteiger partial charge in [0, 0.05) is 38.6 Å². The van der Waals surface area contributed by atoms with Gasteiger partial charge in [-0.25, -0.2) is 4.39 Å². The van der Waals surface area contributed by atoms with Gasteiger partial charge in [0.1, 0.15) is 5.82 Å². The summed E-state index contributed by atoms with van der Waals surface area (Å²) < 4.78 is 13.7. The second-order valence-electron chi connectivity index (χ2n) is 7.86. The van der Waals surface area contributed by atoms with Gasteiger partial charge in [0.2, 0.25) is 5.91 Å². The molecule has 1 fully saturated rings. The van der Waals surface area contributed by atoms with Crippen LogP contribution in [0.5, 0.6) is 0 Å². The van der Waals surface area contributed by atoms with Crippen LogP contribution in [0.1, 0.15) is 33.3 Å². The van der Waals surface area contributed by atoms with Crippen molar-refractivity contribution in [3.8, 4) is 0 Å². The molecule has 1 aromatic rings. The summed E-state index contributed by atoms with van der Waals surface area (Å²) in [4.78, 5) is 16.9. The van der Waals surface area contributed by atoms with Crippen LogP contribution in [0.25, 0.3) is 0 Å². The van der Waals surface area contributed by atoms with Crippen molar-refractivity contribution < 1.29 is 9.18 Å². The van der Waals surface area contributed by atoms with E-state index in [0.717, 1.165) is 32.7 Å². The SMILES string of the molecule is CC(Cc1ccccc1F)C(=O)N1CCN(CC(C)(C)C)CC1. The molecule has 0 aromatic heterocycles. The molecule has 1 unspecified atom stereocenters. The molecule has 4 heteroatoms. The van der Waals surface area contributed by atoms with Crippen LogP contribution in [-0.4, -0.2) is 48.4 Å². The lowest BCUT2D eigenvalue weighted by Gasteiger charge is -2.38. The Morgan fingerprint density at radius 1 is 1.17 bits per heavy atom. The molecular formula is C19H29FN2O. The molecule has 0 aliphatic carbocycles. The maximum absolute atomic E-state index is 13.7. The molecule has 1 amide bonds.